The first kappa shape index (κ1) is 17.6. The fourth-order valence-corrected chi connectivity index (χ4v) is 3.44. The number of hydrogen-bond acceptors (Lipinski definition) is 5. The monoisotopic (exact) mass is 280 g/mol. The van der Waals surface area contributed by atoms with Crippen molar-refractivity contribution in [3.8, 4) is 0 Å². The molecule has 0 aromatic rings. The average Bonchev–Trinajstić information content (AvgIpc) is 2.30. The van der Waals surface area contributed by atoms with E-state index < -0.39 is 19.2 Å². The smallest absolute Gasteiger partial charge is 0.344 e. The summed E-state index contributed by atoms with van der Waals surface area (Å²) in [4.78, 5) is 11.9. The molecule has 0 saturated carbocycles. The van der Waals surface area contributed by atoms with Crippen LogP contribution in [0.15, 0.2) is 0 Å². The lowest BCUT2D eigenvalue weighted by atomic mass is 10.3. The van der Waals surface area contributed by atoms with E-state index in [-0.39, 0.29) is 13.2 Å². The third-order valence-corrected chi connectivity index (χ3v) is 4.98. The summed E-state index contributed by atoms with van der Waals surface area (Å²) in [6, 6.07) is 0. The lowest BCUT2D eigenvalue weighted by molar-refractivity contribution is -0.143. The van der Waals surface area contributed by atoms with E-state index in [2.05, 4.69) is 0 Å². The van der Waals surface area contributed by atoms with Crippen molar-refractivity contribution in [3.63, 3.8) is 0 Å². The topological polar surface area (TPSA) is 61.8 Å². The second-order valence-corrected chi connectivity index (χ2v) is 6.04. The molecule has 0 saturated heterocycles. The summed E-state index contributed by atoms with van der Waals surface area (Å²) in [5.74, 6) is -0.490. The molecule has 0 radical (unpaired) electrons. The number of esters is 1. The van der Waals surface area contributed by atoms with Crippen LogP contribution in [0, 0.1) is 0 Å². The summed E-state index contributed by atoms with van der Waals surface area (Å²) in [7, 11) is -3.41. The van der Waals surface area contributed by atoms with Gasteiger partial charge in [0.1, 0.15) is 0 Å². The Bertz CT molecular complexity index is 270. The first-order valence-corrected chi connectivity index (χ1v) is 8.22. The molecule has 1 atom stereocenters. The van der Waals surface area contributed by atoms with Gasteiger partial charge in [0.15, 0.2) is 5.66 Å². The molecule has 1 unspecified atom stereocenters. The molecule has 0 rings (SSSR count). The van der Waals surface area contributed by atoms with Crippen molar-refractivity contribution in [2.45, 2.75) is 52.6 Å². The molecule has 0 aliphatic heterocycles. The SMILES string of the molecule is CCCCOC(=O)C(CC)P(=O)(OCC)OCC. The molecule has 0 aromatic heterocycles. The molecule has 0 spiro atoms. The van der Waals surface area contributed by atoms with Gasteiger partial charge in [-0.25, -0.2) is 0 Å². The van der Waals surface area contributed by atoms with Gasteiger partial charge in [-0.1, -0.05) is 20.3 Å². The molecular weight excluding hydrogens is 255 g/mol. The first-order valence-electron chi connectivity index (χ1n) is 6.61. The molecule has 0 aromatic carbocycles. The third kappa shape index (κ3) is 5.51. The number of carbonyl (C=O) groups excluding carboxylic acids is 1. The summed E-state index contributed by atoms with van der Waals surface area (Å²) in [6.07, 6.45) is 2.12. The van der Waals surface area contributed by atoms with Crippen LogP contribution in [0.4, 0.5) is 0 Å². The van der Waals surface area contributed by atoms with E-state index in [0.29, 0.717) is 13.0 Å². The van der Waals surface area contributed by atoms with Gasteiger partial charge in [0.2, 0.25) is 0 Å². The molecule has 0 heterocycles. The maximum Gasteiger partial charge on any atom is 0.344 e. The number of rotatable bonds is 10. The highest BCUT2D eigenvalue weighted by molar-refractivity contribution is 7.55. The Morgan fingerprint density at radius 1 is 1.11 bits per heavy atom. The zero-order chi connectivity index (χ0) is 14.0. The molecule has 0 bridgehead atoms. The van der Waals surface area contributed by atoms with Crippen LogP contribution in [0.2, 0.25) is 0 Å². The Kier molecular flexibility index (Phi) is 9.34. The highest BCUT2D eigenvalue weighted by Crippen LogP contribution is 2.54. The lowest BCUT2D eigenvalue weighted by Gasteiger charge is -2.23. The van der Waals surface area contributed by atoms with Crippen molar-refractivity contribution < 1.29 is 23.1 Å². The summed E-state index contributed by atoms with van der Waals surface area (Å²) in [5.41, 5.74) is -0.825. The van der Waals surface area contributed by atoms with Gasteiger partial charge in [0.25, 0.3) is 0 Å². The molecule has 5 nitrogen and oxygen atoms in total. The maximum atomic E-state index is 12.5. The fourth-order valence-electron chi connectivity index (χ4n) is 1.51. The van der Waals surface area contributed by atoms with Crippen LogP contribution in [-0.2, 0) is 23.1 Å². The summed E-state index contributed by atoms with van der Waals surface area (Å²) in [5, 5.41) is 0. The van der Waals surface area contributed by atoms with Crippen molar-refractivity contribution in [2.24, 2.45) is 0 Å². The molecule has 108 valence electrons. The van der Waals surface area contributed by atoms with Gasteiger partial charge in [-0.15, -0.1) is 0 Å². The third-order valence-electron chi connectivity index (χ3n) is 2.40. The number of unbranched alkanes of at least 4 members (excludes halogenated alkanes) is 1. The largest absolute Gasteiger partial charge is 0.465 e. The van der Waals surface area contributed by atoms with Crippen LogP contribution in [0.1, 0.15) is 47.0 Å². The standard InChI is InChI=1S/C12H25O5P/c1-5-9-10-15-12(13)11(6-2)18(14,16-7-3)17-8-4/h11H,5-10H2,1-4H3. The Balaban J connectivity index is 4.68. The van der Waals surface area contributed by atoms with Crippen LogP contribution < -0.4 is 0 Å². The Morgan fingerprint density at radius 2 is 1.67 bits per heavy atom. The Labute approximate surface area is 110 Å². The van der Waals surface area contributed by atoms with E-state index >= 15 is 0 Å². The molecule has 0 aliphatic rings. The molecular formula is C12H25O5P. The molecule has 0 fully saturated rings. The van der Waals surface area contributed by atoms with E-state index in [4.69, 9.17) is 13.8 Å². The van der Waals surface area contributed by atoms with Gasteiger partial charge in [-0.2, -0.15) is 0 Å². The average molecular weight is 280 g/mol. The zero-order valence-electron chi connectivity index (χ0n) is 11.8. The predicted molar refractivity (Wildman–Crippen MR) is 70.8 cm³/mol. The van der Waals surface area contributed by atoms with Gasteiger partial charge >= 0.3 is 13.6 Å². The number of carbonyl (C=O) groups is 1. The first-order chi connectivity index (χ1) is 8.55. The maximum absolute atomic E-state index is 12.5. The van der Waals surface area contributed by atoms with Gasteiger partial charge in [0.05, 0.1) is 19.8 Å². The van der Waals surface area contributed by atoms with Gasteiger partial charge in [0, 0.05) is 0 Å². The second-order valence-electron chi connectivity index (χ2n) is 3.82. The fraction of sp³-hybridized carbons (Fsp3) is 0.917. The van der Waals surface area contributed by atoms with Crippen LogP contribution in [0.3, 0.4) is 0 Å². The molecule has 0 amide bonds. The molecule has 0 aliphatic carbocycles. The molecule has 0 N–H and O–H groups in total. The summed E-state index contributed by atoms with van der Waals surface area (Å²) in [6.45, 7) is 8.07. The Morgan fingerprint density at radius 3 is 2.06 bits per heavy atom. The van der Waals surface area contributed by atoms with Gasteiger partial charge in [-0.3, -0.25) is 9.36 Å². The minimum atomic E-state index is -3.41. The van der Waals surface area contributed by atoms with Crippen molar-refractivity contribution in [1.82, 2.24) is 0 Å². The summed E-state index contributed by atoms with van der Waals surface area (Å²) >= 11 is 0. The van der Waals surface area contributed by atoms with E-state index in [9.17, 15) is 9.36 Å². The number of ether oxygens (including phenoxy) is 1. The minimum absolute atomic E-state index is 0.246. The molecule has 18 heavy (non-hydrogen) atoms. The zero-order valence-corrected chi connectivity index (χ0v) is 12.7. The van der Waals surface area contributed by atoms with E-state index in [1.54, 1.807) is 20.8 Å². The van der Waals surface area contributed by atoms with Crippen LogP contribution in [-0.4, -0.2) is 31.4 Å². The lowest BCUT2D eigenvalue weighted by Crippen LogP contribution is -2.25. The quantitative estimate of drug-likeness (QED) is 0.349. The van der Waals surface area contributed by atoms with E-state index in [1.165, 1.54) is 0 Å². The van der Waals surface area contributed by atoms with Crippen LogP contribution >= 0.6 is 7.60 Å². The van der Waals surface area contributed by atoms with Crippen LogP contribution in [0.25, 0.3) is 0 Å². The highest BCUT2D eigenvalue weighted by atomic mass is 31.2. The van der Waals surface area contributed by atoms with Crippen LogP contribution in [0.5, 0.6) is 0 Å². The molecule has 6 heteroatoms. The normalized spacial score (nSPS) is 13.3. The summed E-state index contributed by atoms with van der Waals surface area (Å²) < 4.78 is 27.9. The van der Waals surface area contributed by atoms with E-state index in [0.717, 1.165) is 12.8 Å². The van der Waals surface area contributed by atoms with Gasteiger partial charge in [-0.05, 0) is 26.7 Å². The predicted octanol–water partition coefficient (Wildman–Crippen LogP) is 3.37. The minimum Gasteiger partial charge on any atom is -0.465 e. The van der Waals surface area contributed by atoms with Crippen molar-refractivity contribution in [1.29, 1.82) is 0 Å². The number of hydrogen-bond donors (Lipinski definition) is 0. The second kappa shape index (κ2) is 9.54. The van der Waals surface area contributed by atoms with E-state index in [1.807, 2.05) is 6.92 Å². The van der Waals surface area contributed by atoms with Gasteiger partial charge < -0.3 is 13.8 Å². The van der Waals surface area contributed by atoms with Crippen molar-refractivity contribution in [3.05, 3.63) is 0 Å². The Hall–Kier alpha value is -0.380. The highest BCUT2D eigenvalue weighted by Gasteiger charge is 2.40. The van der Waals surface area contributed by atoms with Crippen molar-refractivity contribution >= 4 is 13.6 Å². The van der Waals surface area contributed by atoms with Crippen molar-refractivity contribution in [2.75, 3.05) is 19.8 Å².